The van der Waals surface area contributed by atoms with E-state index in [0.717, 1.165) is 29.8 Å². The number of nitrogens with zero attached hydrogens (tertiary/aromatic N) is 1. The Balaban J connectivity index is 2.34. The van der Waals surface area contributed by atoms with Gasteiger partial charge in [0.2, 0.25) is 0 Å². The van der Waals surface area contributed by atoms with Crippen molar-refractivity contribution in [2.45, 2.75) is 18.9 Å². The first kappa shape index (κ1) is 9.34. The highest BCUT2D eigenvalue weighted by molar-refractivity contribution is 5.77. The predicted molar refractivity (Wildman–Crippen MR) is 51.6 cm³/mol. The molecule has 1 heterocycles. The summed E-state index contributed by atoms with van der Waals surface area (Å²) in [4.78, 5) is 10.7. The number of benzene rings is 1. The molecule has 0 spiro atoms. The third-order valence-electron chi connectivity index (χ3n) is 2.67. The van der Waals surface area contributed by atoms with Gasteiger partial charge in [-0.15, -0.1) is 9.60 Å². The molecular formula is C11H12FNO. The van der Waals surface area contributed by atoms with Crippen molar-refractivity contribution in [3.8, 4) is 0 Å². The smallest absolute Gasteiger partial charge is 0.150 e. The molecule has 0 aromatic heterocycles. The Kier molecular flexibility index (Phi) is 2.59. The maximum atomic E-state index is 13.3. The van der Waals surface area contributed by atoms with Crippen molar-refractivity contribution in [3.05, 3.63) is 35.4 Å². The Morgan fingerprint density at radius 3 is 2.86 bits per heavy atom. The molecule has 0 saturated carbocycles. The molecule has 1 fully saturated rings. The Labute approximate surface area is 82.3 Å². The van der Waals surface area contributed by atoms with E-state index in [1.54, 1.807) is 12.1 Å². The number of aldehydes is 1. The second kappa shape index (κ2) is 3.88. The van der Waals surface area contributed by atoms with Gasteiger partial charge in [0, 0.05) is 12.1 Å². The van der Waals surface area contributed by atoms with Crippen molar-refractivity contribution in [2.75, 3.05) is 6.54 Å². The van der Waals surface area contributed by atoms with E-state index in [4.69, 9.17) is 0 Å². The molecule has 3 heteroatoms. The normalized spacial score (nSPS) is 22.5. The Morgan fingerprint density at radius 2 is 2.21 bits per heavy atom. The standard InChI is InChI=1S/C11H12FNO/c12-13-7-3-6-11(13)10-5-2-1-4-9(10)8-14/h1-2,4-5,8,11H,3,6-7H2. The molecule has 1 saturated heterocycles. The van der Waals surface area contributed by atoms with Gasteiger partial charge in [-0.3, -0.25) is 4.79 Å². The van der Waals surface area contributed by atoms with E-state index in [1.165, 1.54) is 0 Å². The molecule has 1 atom stereocenters. The minimum Gasteiger partial charge on any atom is -0.298 e. The molecule has 2 nitrogen and oxygen atoms in total. The number of carbonyl (C=O) groups is 1. The quantitative estimate of drug-likeness (QED) is 0.531. The van der Waals surface area contributed by atoms with E-state index in [0.29, 0.717) is 12.1 Å². The van der Waals surface area contributed by atoms with Crippen molar-refractivity contribution in [1.29, 1.82) is 0 Å². The molecule has 1 aliphatic rings. The first-order valence-electron chi connectivity index (χ1n) is 4.79. The molecule has 1 aromatic rings. The summed E-state index contributed by atoms with van der Waals surface area (Å²) < 4.78 is 13.3. The molecule has 1 unspecified atom stereocenters. The van der Waals surface area contributed by atoms with Gasteiger partial charge in [-0.1, -0.05) is 24.3 Å². The van der Waals surface area contributed by atoms with E-state index in [1.807, 2.05) is 12.1 Å². The van der Waals surface area contributed by atoms with Gasteiger partial charge in [0.15, 0.2) is 0 Å². The number of rotatable bonds is 2. The summed E-state index contributed by atoms with van der Waals surface area (Å²) in [6, 6.07) is 6.97. The third-order valence-corrected chi connectivity index (χ3v) is 2.67. The van der Waals surface area contributed by atoms with Crippen molar-refractivity contribution in [3.63, 3.8) is 0 Å². The lowest BCUT2D eigenvalue weighted by molar-refractivity contribution is 0.0100. The number of carbonyl (C=O) groups excluding carboxylic acids is 1. The number of halogens is 1. The zero-order valence-electron chi connectivity index (χ0n) is 7.82. The average molecular weight is 193 g/mol. The highest BCUT2D eigenvalue weighted by atomic mass is 19.2. The van der Waals surface area contributed by atoms with Crippen LogP contribution in [0, 0.1) is 0 Å². The van der Waals surface area contributed by atoms with Crippen LogP contribution in [-0.4, -0.2) is 18.0 Å². The highest BCUT2D eigenvalue weighted by Gasteiger charge is 2.27. The second-order valence-corrected chi connectivity index (χ2v) is 3.53. The van der Waals surface area contributed by atoms with E-state index in [-0.39, 0.29) is 6.04 Å². The van der Waals surface area contributed by atoms with Crippen LogP contribution in [0.3, 0.4) is 0 Å². The van der Waals surface area contributed by atoms with Gasteiger partial charge in [-0.2, -0.15) is 0 Å². The van der Waals surface area contributed by atoms with Gasteiger partial charge >= 0.3 is 0 Å². The fourth-order valence-corrected chi connectivity index (χ4v) is 1.96. The summed E-state index contributed by atoms with van der Waals surface area (Å²) in [5, 5.41) is 0.822. The number of hydrogen-bond acceptors (Lipinski definition) is 2. The van der Waals surface area contributed by atoms with Crippen LogP contribution in [-0.2, 0) is 0 Å². The second-order valence-electron chi connectivity index (χ2n) is 3.53. The molecule has 0 bridgehead atoms. The first-order valence-corrected chi connectivity index (χ1v) is 4.79. The van der Waals surface area contributed by atoms with Crippen molar-refractivity contribution in [2.24, 2.45) is 0 Å². The summed E-state index contributed by atoms with van der Waals surface area (Å²) in [5.41, 5.74) is 1.41. The molecule has 2 rings (SSSR count). The molecule has 74 valence electrons. The Morgan fingerprint density at radius 1 is 1.43 bits per heavy atom. The van der Waals surface area contributed by atoms with E-state index in [2.05, 4.69) is 0 Å². The molecule has 0 amide bonds. The first-order chi connectivity index (χ1) is 6.83. The van der Waals surface area contributed by atoms with Crippen molar-refractivity contribution in [1.82, 2.24) is 5.12 Å². The maximum Gasteiger partial charge on any atom is 0.150 e. The van der Waals surface area contributed by atoms with Gasteiger partial charge < -0.3 is 0 Å². The van der Waals surface area contributed by atoms with Crippen LogP contribution in [0.2, 0.25) is 0 Å². The Hall–Kier alpha value is -1.22. The lowest BCUT2D eigenvalue weighted by Crippen LogP contribution is -2.14. The lowest BCUT2D eigenvalue weighted by Gasteiger charge is -2.16. The molecule has 14 heavy (non-hydrogen) atoms. The molecule has 0 aliphatic carbocycles. The molecule has 1 aromatic carbocycles. The summed E-state index contributed by atoms with van der Waals surface area (Å²) >= 11 is 0. The summed E-state index contributed by atoms with van der Waals surface area (Å²) in [6.07, 6.45) is 2.44. The highest BCUT2D eigenvalue weighted by Crippen LogP contribution is 2.33. The minimum atomic E-state index is -0.226. The van der Waals surface area contributed by atoms with Crippen LogP contribution < -0.4 is 0 Å². The van der Waals surface area contributed by atoms with Gasteiger partial charge in [0.05, 0.1) is 6.04 Å². The van der Waals surface area contributed by atoms with Crippen LogP contribution in [0.1, 0.15) is 34.8 Å². The largest absolute Gasteiger partial charge is 0.298 e. The zero-order chi connectivity index (χ0) is 9.97. The van der Waals surface area contributed by atoms with Gasteiger partial charge in [-0.05, 0) is 18.4 Å². The van der Waals surface area contributed by atoms with Gasteiger partial charge in [0.1, 0.15) is 6.29 Å². The van der Waals surface area contributed by atoms with E-state index in [9.17, 15) is 9.28 Å². The number of hydrogen-bond donors (Lipinski definition) is 0. The predicted octanol–water partition coefficient (Wildman–Crippen LogP) is 2.52. The van der Waals surface area contributed by atoms with Crippen LogP contribution in [0.5, 0.6) is 0 Å². The third kappa shape index (κ3) is 1.55. The van der Waals surface area contributed by atoms with E-state index < -0.39 is 0 Å². The van der Waals surface area contributed by atoms with Gasteiger partial charge in [-0.25, -0.2) is 0 Å². The fraction of sp³-hybridized carbons (Fsp3) is 0.364. The summed E-state index contributed by atoms with van der Waals surface area (Å²) in [5.74, 6) is 0. The fourth-order valence-electron chi connectivity index (χ4n) is 1.96. The van der Waals surface area contributed by atoms with Crippen molar-refractivity contribution < 1.29 is 9.28 Å². The van der Waals surface area contributed by atoms with Crippen LogP contribution >= 0.6 is 0 Å². The zero-order valence-corrected chi connectivity index (χ0v) is 7.82. The topological polar surface area (TPSA) is 20.3 Å². The average Bonchev–Trinajstić information content (AvgIpc) is 2.64. The monoisotopic (exact) mass is 193 g/mol. The molecule has 0 radical (unpaired) electrons. The minimum absolute atomic E-state index is 0.226. The van der Waals surface area contributed by atoms with Crippen LogP contribution in [0.4, 0.5) is 4.48 Å². The Bertz CT molecular complexity index is 340. The summed E-state index contributed by atoms with van der Waals surface area (Å²) in [7, 11) is 0. The maximum absolute atomic E-state index is 13.3. The van der Waals surface area contributed by atoms with E-state index >= 15 is 0 Å². The molecule has 0 N–H and O–H groups in total. The van der Waals surface area contributed by atoms with Gasteiger partial charge in [0.25, 0.3) is 0 Å². The van der Waals surface area contributed by atoms with Crippen LogP contribution in [0.25, 0.3) is 0 Å². The summed E-state index contributed by atoms with van der Waals surface area (Å²) in [6.45, 7) is 0.470. The molecular weight excluding hydrogens is 181 g/mol. The molecule has 1 aliphatic heterocycles. The van der Waals surface area contributed by atoms with Crippen molar-refractivity contribution >= 4 is 6.29 Å². The van der Waals surface area contributed by atoms with Crippen LogP contribution in [0.15, 0.2) is 24.3 Å². The SMILES string of the molecule is O=Cc1ccccc1C1CCCN1F. The lowest BCUT2D eigenvalue weighted by atomic mass is 10.00.